The van der Waals surface area contributed by atoms with Gasteiger partial charge >= 0.3 is 0 Å². The molecule has 1 fully saturated rings. The van der Waals surface area contributed by atoms with Crippen molar-refractivity contribution in [2.24, 2.45) is 0 Å². The zero-order chi connectivity index (χ0) is 32.5. The van der Waals surface area contributed by atoms with Gasteiger partial charge < -0.3 is 10.2 Å². The summed E-state index contributed by atoms with van der Waals surface area (Å²) in [6, 6.07) is 30.6. The highest BCUT2D eigenvalue weighted by Crippen LogP contribution is 2.27. The first-order chi connectivity index (χ1) is 22.2. The lowest BCUT2D eigenvalue weighted by Crippen LogP contribution is -2.55. The average molecular weight is 723 g/mol. The maximum atomic E-state index is 14.6. The van der Waals surface area contributed by atoms with E-state index in [1.54, 1.807) is 54.6 Å². The molecular formula is C36H37BrClN3O4S. The van der Waals surface area contributed by atoms with E-state index >= 15 is 0 Å². The van der Waals surface area contributed by atoms with Gasteiger partial charge in [0.1, 0.15) is 12.6 Å². The Morgan fingerprint density at radius 3 is 2.09 bits per heavy atom. The normalized spacial score (nSPS) is 14.3. The Bertz CT molecular complexity index is 1720. The Hall–Kier alpha value is -3.66. The van der Waals surface area contributed by atoms with E-state index in [1.807, 2.05) is 42.5 Å². The molecule has 0 aromatic heterocycles. The van der Waals surface area contributed by atoms with Crippen molar-refractivity contribution in [3.8, 4) is 0 Å². The summed E-state index contributed by atoms with van der Waals surface area (Å²) in [5, 5.41) is 3.67. The first kappa shape index (κ1) is 33.7. The highest BCUT2D eigenvalue weighted by molar-refractivity contribution is 9.10. The predicted octanol–water partition coefficient (Wildman–Crippen LogP) is 7.39. The molecule has 1 aliphatic rings. The second-order valence-corrected chi connectivity index (χ2v) is 14.6. The van der Waals surface area contributed by atoms with Crippen molar-refractivity contribution < 1.29 is 18.0 Å². The van der Waals surface area contributed by atoms with Crippen molar-refractivity contribution in [2.45, 2.75) is 62.0 Å². The second kappa shape index (κ2) is 15.8. The van der Waals surface area contributed by atoms with Gasteiger partial charge in [0, 0.05) is 28.5 Å². The van der Waals surface area contributed by atoms with Crippen LogP contribution in [0, 0.1) is 0 Å². The summed E-state index contributed by atoms with van der Waals surface area (Å²) in [6.45, 7) is -0.501. The van der Waals surface area contributed by atoms with E-state index in [1.165, 1.54) is 17.0 Å². The number of hydrogen-bond donors (Lipinski definition) is 1. The molecule has 0 aliphatic heterocycles. The quantitative estimate of drug-likeness (QED) is 0.165. The number of nitrogens with zero attached hydrogens (tertiary/aromatic N) is 2. The Labute approximate surface area is 284 Å². The molecule has 1 atom stereocenters. The number of anilines is 1. The molecule has 1 saturated carbocycles. The Balaban J connectivity index is 1.56. The number of carbonyl (C=O) groups is 2. The zero-order valence-corrected chi connectivity index (χ0v) is 28.6. The van der Waals surface area contributed by atoms with E-state index in [9.17, 15) is 18.0 Å². The van der Waals surface area contributed by atoms with E-state index in [0.717, 1.165) is 46.4 Å². The van der Waals surface area contributed by atoms with Crippen molar-refractivity contribution in [1.29, 1.82) is 0 Å². The summed E-state index contributed by atoms with van der Waals surface area (Å²) in [6.07, 6.45) is 5.23. The molecule has 2 amide bonds. The van der Waals surface area contributed by atoms with Crippen LogP contribution in [0.15, 0.2) is 119 Å². The van der Waals surface area contributed by atoms with Crippen molar-refractivity contribution in [2.75, 3.05) is 10.8 Å². The van der Waals surface area contributed by atoms with Crippen LogP contribution in [0.1, 0.15) is 43.2 Å². The smallest absolute Gasteiger partial charge is 0.264 e. The number of nitrogens with one attached hydrogen (secondary N) is 1. The van der Waals surface area contributed by atoms with Crippen LogP contribution >= 0.6 is 27.5 Å². The van der Waals surface area contributed by atoms with Crippen LogP contribution in [-0.2, 0) is 32.6 Å². The molecule has 240 valence electrons. The van der Waals surface area contributed by atoms with Gasteiger partial charge in [0.15, 0.2) is 0 Å². The van der Waals surface area contributed by atoms with Gasteiger partial charge in [-0.1, -0.05) is 114 Å². The molecule has 5 rings (SSSR count). The number of benzene rings is 4. The van der Waals surface area contributed by atoms with Crippen molar-refractivity contribution >= 4 is 55.1 Å². The molecule has 0 saturated heterocycles. The number of rotatable bonds is 12. The van der Waals surface area contributed by atoms with Crippen LogP contribution in [0.3, 0.4) is 0 Å². The highest BCUT2D eigenvalue weighted by atomic mass is 79.9. The zero-order valence-electron chi connectivity index (χ0n) is 25.4. The van der Waals surface area contributed by atoms with Gasteiger partial charge in [-0.2, -0.15) is 0 Å². The van der Waals surface area contributed by atoms with E-state index in [2.05, 4.69) is 21.2 Å². The Morgan fingerprint density at radius 1 is 0.826 bits per heavy atom. The lowest BCUT2D eigenvalue weighted by molar-refractivity contribution is -0.140. The molecule has 4 aromatic carbocycles. The molecule has 1 N–H and O–H groups in total. The van der Waals surface area contributed by atoms with Gasteiger partial charge in [0.05, 0.1) is 10.6 Å². The van der Waals surface area contributed by atoms with Gasteiger partial charge in [-0.3, -0.25) is 13.9 Å². The summed E-state index contributed by atoms with van der Waals surface area (Å²) in [7, 11) is -4.16. The van der Waals surface area contributed by atoms with Crippen LogP contribution in [0.5, 0.6) is 0 Å². The fraction of sp³-hybridized carbons (Fsp3) is 0.278. The Kier molecular flexibility index (Phi) is 11.5. The van der Waals surface area contributed by atoms with E-state index in [4.69, 9.17) is 11.6 Å². The number of carbonyl (C=O) groups excluding carboxylic acids is 2. The monoisotopic (exact) mass is 721 g/mol. The Morgan fingerprint density at radius 2 is 1.43 bits per heavy atom. The minimum absolute atomic E-state index is 0.0215. The molecule has 0 heterocycles. The fourth-order valence-electron chi connectivity index (χ4n) is 5.76. The molecule has 4 aromatic rings. The summed E-state index contributed by atoms with van der Waals surface area (Å²) >= 11 is 10.0. The predicted molar refractivity (Wildman–Crippen MR) is 186 cm³/mol. The van der Waals surface area contributed by atoms with Crippen LogP contribution in [0.2, 0.25) is 5.02 Å². The first-order valence-electron chi connectivity index (χ1n) is 15.4. The maximum Gasteiger partial charge on any atom is 0.264 e. The van der Waals surface area contributed by atoms with E-state index in [0.29, 0.717) is 16.3 Å². The third-order valence-corrected chi connectivity index (χ3v) is 10.9. The molecule has 46 heavy (non-hydrogen) atoms. The maximum absolute atomic E-state index is 14.6. The molecule has 0 unspecified atom stereocenters. The van der Waals surface area contributed by atoms with Crippen LogP contribution in [-0.4, -0.2) is 43.8 Å². The van der Waals surface area contributed by atoms with Crippen LogP contribution in [0.25, 0.3) is 0 Å². The van der Waals surface area contributed by atoms with Gasteiger partial charge in [0.2, 0.25) is 11.8 Å². The first-order valence-corrected chi connectivity index (χ1v) is 18.0. The number of sulfonamides is 1. The second-order valence-electron chi connectivity index (χ2n) is 11.5. The summed E-state index contributed by atoms with van der Waals surface area (Å²) < 4.78 is 30.0. The standard InChI is InChI=1S/C36H37BrClN3O4S/c37-29-20-22-31(23-21-29)41(46(44,45)32-17-8-3-9-18-32)26-35(42)40(25-28-14-10-11-19-33(28)38)34(24-27-12-4-1-5-13-27)36(43)39-30-15-6-2-7-16-30/h1,3-5,8-14,17-23,30,34H,2,6-7,15-16,24-26H2,(H,39,43)/t34-/m1/s1. The molecule has 7 nitrogen and oxygen atoms in total. The van der Waals surface area contributed by atoms with Gasteiger partial charge in [-0.05, 0) is 66.4 Å². The topological polar surface area (TPSA) is 86.8 Å². The summed E-state index contributed by atoms with van der Waals surface area (Å²) in [5.41, 5.74) is 1.86. The molecule has 10 heteroatoms. The molecule has 1 aliphatic carbocycles. The summed E-state index contributed by atoms with van der Waals surface area (Å²) in [4.78, 5) is 30.3. The molecule has 0 radical (unpaired) electrons. The third-order valence-electron chi connectivity index (χ3n) is 8.25. The molecule has 0 spiro atoms. The van der Waals surface area contributed by atoms with Crippen molar-refractivity contribution in [3.05, 3.63) is 130 Å². The van der Waals surface area contributed by atoms with Crippen molar-refractivity contribution in [3.63, 3.8) is 0 Å². The van der Waals surface area contributed by atoms with E-state index < -0.39 is 28.5 Å². The van der Waals surface area contributed by atoms with Gasteiger partial charge in [-0.15, -0.1) is 0 Å². The molecule has 0 bridgehead atoms. The number of hydrogen-bond acceptors (Lipinski definition) is 4. The lowest BCUT2D eigenvalue weighted by Gasteiger charge is -2.35. The average Bonchev–Trinajstić information content (AvgIpc) is 3.07. The fourth-order valence-corrected chi connectivity index (χ4v) is 7.66. The molecular weight excluding hydrogens is 686 g/mol. The highest BCUT2D eigenvalue weighted by Gasteiger charge is 2.35. The van der Waals surface area contributed by atoms with E-state index in [-0.39, 0.29) is 29.8 Å². The third kappa shape index (κ3) is 8.57. The lowest BCUT2D eigenvalue weighted by atomic mass is 9.94. The van der Waals surface area contributed by atoms with Gasteiger partial charge in [-0.25, -0.2) is 8.42 Å². The van der Waals surface area contributed by atoms with Crippen LogP contribution < -0.4 is 9.62 Å². The number of halogens is 2. The van der Waals surface area contributed by atoms with Crippen molar-refractivity contribution in [1.82, 2.24) is 10.2 Å². The minimum Gasteiger partial charge on any atom is -0.352 e. The largest absolute Gasteiger partial charge is 0.352 e. The van der Waals surface area contributed by atoms with Crippen LogP contribution in [0.4, 0.5) is 5.69 Å². The summed E-state index contributed by atoms with van der Waals surface area (Å²) in [5.74, 6) is -0.792. The van der Waals surface area contributed by atoms with Gasteiger partial charge in [0.25, 0.3) is 10.0 Å². The minimum atomic E-state index is -4.16. The number of amides is 2. The SMILES string of the molecule is O=C(NC1CCCCC1)[C@@H](Cc1ccccc1)N(Cc1ccccc1Cl)C(=O)CN(c1ccc(Br)cc1)S(=O)(=O)c1ccccc1.